The van der Waals surface area contributed by atoms with E-state index in [-0.39, 0.29) is 23.8 Å². The number of rotatable bonds is 5. The van der Waals surface area contributed by atoms with E-state index in [4.69, 9.17) is 5.11 Å². The van der Waals surface area contributed by atoms with Crippen LogP contribution >= 0.6 is 0 Å². The third kappa shape index (κ3) is 4.94. The van der Waals surface area contributed by atoms with Gasteiger partial charge < -0.3 is 15.7 Å². The Morgan fingerprint density at radius 1 is 0.852 bits per heavy atom. The Hall–Kier alpha value is -3.15. The number of amides is 2. The molecule has 1 saturated carbocycles. The number of carboxylic acid groups (broad SMARTS) is 1. The van der Waals surface area contributed by atoms with Crippen LogP contribution in [0, 0.1) is 5.92 Å². The Balaban J connectivity index is 1.57. The minimum Gasteiger partial charge on any atom is -0.481 e. The van der Waals surface area contributed by atoms with Gasteiger partial charge in [-0.2, -0.15) is 0 Å². The molecule has 3 N–H and O–H groups in total. The first kappa shape index (κ1) is 18.6. The summed E-state index contributed by atoms with van der Waals surface area (Å²) in [5.41, 5.74) is 1.63. The van der Waals surface area contributed by atoms with E-state index in [1.54, 1.807) is 36.4 Å². The lowest BCUT2D eigenvalue weighted by atomic mass is 9.86. The van der Waals surface area contributed by atoms with Gasteiger partial charge in [0.1, 0.15) is 0 Å². The van der Waals surface area contributed by atoms with Crippen molar-refractivity contribution in [2.24, 2.45) is 5.92 Å². The molecule has 0 bridgehead atoms. The van der Waals surface area contributed by atoms with Gasteiger partial charge in [0.15, 0.2) is 5.78 Å². The van der Waals surface area contributed by atoms with Crippen LogP contribution in [0.2, 0.25) is 0 Å². The molecule has 6 heteroatoms. The first-order valence-electron chi connectivity index (χ1n) is 9.03. The van der Waals surface area contributed by atoms with Crippen LogP contribution in [0.25, 0.3) is 0 Å². The number of aliphatic carboxylic acids is 1. The molecule has 0 heterocycles. The smallest absolute Gasteiger partial charge is 0.319 e. The molecule has 1 aliphatic carbocycles. The number of nitrogens with one attached hydrogen (secondary N) is 2. The zero-order valence-electron chi connectivity index (χ0n) is 14.9. The summed E-state index contributed by atoms with van der Waals surface area (Å²) in [6, 6.07) is 15.4. The van der Waals surface area contributed by atoms with Crippen LogP contribution in [-0.4, -0.2) is 28.9 Å². The summed E-state index contributed by atoms with van der Waals surface area (Å²) in [5, 5.41) is 14.7. The summed E-state index contributed by atoms with van der Waals surface area (Å²) in [7, 11) is 0. The van der Waals surface area contributed by atoms with Crippen molar-refractivity contribution in [3.63, 3.8) is 0 Å². The molecule has 0 spiro atoms. The molecule has 0 atom stereocenters. The molecule has 2 amide bonds. The number of carbonyl (C=O) groups is 3. The molecule has 0 unspecified atom stereocenters. The van der Waals surface area contributed by atoms with E-state index >= 15 is 0 Å². The summed E-state index contributed by atoms with van der Waals surface area (Å²) in [6.07, 6.45) is 2.44. The highest BCUT2D eigenvalue weighted by Gasteiger charge is 2.26. The van der Waals surface area contributed by atoms with E-state index in [0.29, 0.717) is 42.5 Å². The number of urea groups is 1. The maximum absolute atomic E-state index is 12.5. The van der Waals surface area contributed by atoms with Crippen molar-refractivity contribution in [3.8, 4) is 0 Å². The second-order valence-electron chi connectivity index (χ2n) is 6.76. The van der Waals surface area contributed by atoms with Crippen molar-refractivity contribution < 1.29 is 19.5 Å². The van der Waals surface area contributed by atoms with E-state index in [1.165, 1.54) is 0 Å². The summed E-state index contributed by atoms with van der Waals surface area (Å²) in [6.45, 7) is 0. The number of anilines is 1. The molecule has 0 aromatic heterocycles. The normalized spacial score (nSPS) is 19.1. The zero-order valence-corrected chi connectivity index (χ0v) is 14.9. The topological polar surface area (TPSA) is 95.5 Å². The van der Waals surface area contributed by atoms with Crippen LogP contribution in [0.15, 0.2) is 54.6 Å². The highest BCUT2D eigenvalue weighted by atomic mass is 16.4. The van der Waals surface area contributed by atoms with Crippen LogP contribution in [0.5, 0.6) is 0 Å². The Bertz CT molecular complexity index is 827. The van der Waals surface area contributed by atoms with Gasteiger partial charge in [0.05, 0.1) is 5.92 Å². The molecule has 2 aromatic carbocycles. The first-order chi connectivity index (χ1) is 13.0. The zero-order chi connectivity index (χ0) is 19.2. The van der Waals surface area contributed by atoms with E-state index in [9.17, 15) is 14.4 Å². The summed E-state index contributed by atoms with van der Waals surface area (Å²) < 4.78 is 0. The Morgan fingerprint density at radius 3 is 2.19 bits per heavy atom. The van der Waals surface area contributed by atoms with E-state index in [2.05, 4.69) is 10.6 Å². The molecule has 6 nitrogen and oxygen atoms in total. The number of benzene rings is 2. The first-order valence-corrected chi connectivity index (χ1v) is 9.03. The van der Waals surface area contributed by atoms with Gasteiger partial charge in [-0.05, 0) is 37.8 Å². The van der Waals surface area contributed by atoms with Gasteiger partial charge in [-0.1, -0.05) is 42.5 Å². The van der Waals surface area contributed by atoms with Crippen molar-refractivity contribution in [1.29, 1.82) is 0 Å². The van der Waals surface area contributed by atoms with Crippen LogP contribution in [0.3, 0.4) is 0 Å². The summed E-state index contributed by atoms with van der Waals surface area (Å²) in [4.78, 5) is 35.7. The molecule has 0 radical (unpaired) electrons. The molecular formula is C21H22N2O4. The van der Waals surface area contributed by atoms with E-state index in [1.807, 2.05) is 18.2 Å². The number of hydrogen-bond donors (Lipinski definition) is 3. The van der Waals surface area contributed by atoms with Gasteiger partial charge in [0.2, 0.25) is 0 Å². The van der Waals surface area contributed by atoms with Crippen LogP contribution in [0.4, 0.5) is 10.5 Å². The minimum absolute atomic E-state index is 0.0327. The van der Waals surface area contributed by atoms with Gasteiger partial charge in [0.25, 0.3) is 0 Å². The maximum atomic E-state index is 12.5. The van der Waals surface area contributed by atoms with Crippen molar-refractivity contribution in [2.75, 3.05) is 5.32 Å². The second-order valence-corrected chi connectivity index (χ2v) is 6.76. The van der Waals surface area contributed by atoms with Gasteiger partial charge in [-0.25, -0.2) is 4.79 Å². The highest BCUT2D eigenvalue weighted by molar-refractivity contribution is 6.09. The predicted molar refractivity (Wildman–Crippen MR) is 102 cm³/mol. The third-order valence-corrected chi connectivity index (χ3v) is 4.83. The fourth-order valence-corrected chi connectivity index (χ4v) is 3.33. The van der Waals surface area contributed by atoms with Gasteiger partial charge in [-0.3, -0.25) is 9.59 Å². The lowest BCUT2D eigenvalue weighted by Gasteiger charge is -2.26. The summed E-state index contributed by atoms with van der Waals surface area (Å²) in [5.74, 6) is -1.18. The highest BCUT2D eigenvalue weighted by Crippen LogP contribution is 2.24. The molecule has 3 rings (SSSR count). The Morgan fingerprint density at radius 2 is 1.52 bits per heavy atom. The van der Waals surface area contributed by atoms with Crippen molar-refractivity contribution >= 4 is 23.5 Å². The third-order valence-electron chi connectivity index (χ3n) is 4.83. The van der Waals surface area contributed by atoms with Crippen LogP contribution < -0.4 is 10.6 Å². The average molecular weight is 366 g/mol. The van der Waals surface area contributed by atoms with Gasteiger partial charge in [-0.15, -0.1) is 0 Å². The van der Waals surface area contributed by atoms with Crippen molar-refractivity contribution in [2.45, 2.75) is 31.7 Å². The lowest BCUT2D eigenvalue weighted by molar-refractivity contribution is -0.142. The number of carboxylic acids is 1. The predicted octanol–water partition coefficient (Wildman–Crippen LogP) is 3.68. The molecule has 1 aliphatic rings. The number of ketones is 1. The lowest BCUT2D eigenvalue weighted by Crippen LogP contribution is -2.41. The largest absolute Gasteiger partial charge is 0.481 e. The molecule has 1 fully saturated rings. The average Bonchev–Trinajstić information content (AvgIpc) is 2.68. The minimum atomic E-state index is -0.766. The van der Waals surface area contributed by atoms with Gasteiger partial charge in [0, 0.05) is 22.9 Å². The number of hydrogen-bond acceptors (Lipinski definition) is 3. The number of carbonyl (C=O) groups excluding carboxylic acids is 2. The van der Waals surface area contributed by atoms with E-state index in [0.717, 1.165) is 0 Å². The van der Waals surface area contributed by atoms with Gasteiger partial charge >= 0.3 is 12.0 Å². The fourth-order valence-electron chi connectivity index (χ4n) is 3.33. The monoisotopic (exact) mass is 366 g/mol. The quantitative estimate of drug-likeness (QED) is 0.703. The molecule has 140 valence electrons. The molecule has 0 saturated heterocycles. The second kappa shape index (κ2) is 8.49. The van der Waals surface area contributed by atoms with Crippen molar-refractivity contribution in [1.82, 2.24) is 5.32 Å². The Kier molecular flexibility index (Phi) is 5.86. The van der Waals surface area contributed by atoms with Crippen molar-refractivity contribution in [3.05, 3.63) is 65.7 Å². The summed E-state index contributed by atoms with van der Waals surface area (Å²) >= 11 is 0. The van der Waals surface area contributed by atoms with Crippen LogP contribution in [-0.2, 0) is 4.79 Å². The standard InChI is InChI=1S/C21H22N2O4/c24-19(14-5-2-1-3-6-14)16-7-4-8-18(13-16)23-21(27)22-17-11-9-15(10-12-17)20(25)26/h1-8,13,15,17H,9-12H2,(H,25,26)(H2,22,23,27). The SMILES string of the molecule is O=C(Nc1cccc(C(=O)c2ccccc2)c1)NC1CCC(C(=O)O)CC1. The molecule has 2 aromatic rings. The van der Waals surface area contributed by atoms with E-state index < -0.39 is 5.97 Å². The molecular weight excluding hydrogens is 344 g/mol. The van der Waals surface area contributed by atoms with Crippen LogP contribution in [0.1, 0.15) is 41.6 Å². The maximum Gasteiger partial charge on any atom is 0.319 e. The molecule has 27 heavy (non-hydrogen) atoms. The fraction of sp³-hybridized carbons (Fsp3) is 0.286. The Labute approximate surface area is 157 Å². The molecule has 0 aliphatic heterocycles.